The van der Waals surface area contributed by atoms with Crippen LogP contribution in [0, 0.1) is 5.82 Å². The number of hydrogen-bond donors (Lipinski definition) is 2. The lowest BCUT2D eigenvalue weighted by Gasteiger charge is -2.12. The van der Waals surface area contributed by atoms with Gasteiger partial charge in [0.15, 0.2) is 11.0 Å². The molecule has 38 heavy (non-hydrogen) atoms. The number of benzene rings is 3. The number of rotatable bonds is 11. The highest BCUT2D eigenvalue weighted by atomic mass is 32.2. The van der Waals surface area contributed by atoms with Crippen molar-refractivity contribution < 1.29 is 23.5 Å². The summed E-state index contributed by atoms with van der Waals surface area (Å²) >= 11 is 1.20. The summed E-state index contributed by atoms with van der Waals surface area (Å²) in [6.07, 6.45) is 0. The molecule has 0 radical (unpaired) electrons. The van der Waals surface area contributed by atoms with Crippen molar-refractivity contribution in [1.29, 1.82) is 0 Å². The second kappa shape index (κ2) is 12.7. The molecule has 0 atom stereocenters. The van der Waals surface area contributed by atoms with Crippen molar-refractivity contribution in [2.45, 2.75) is 18.6 Å². The number of nitrogens with one attached hydrogen (secondary N) is 2. The van der Waals surface area contributed by atoms with E-state index in [1.165, 1.54) is 30.0 Å². The summed E-state index contributed by atoms with van der Waals surface area (Å²) in [5, 5.41) is 14.6. The van der Waals surface area contributed by atoms with Crippen molar-refractivity contribution in [1.82, 2.24) is 20.1 Å². The molecule has 196 valence electrons. The molecule has 1 heterocycles. The molecule has 2 N–H and O–H groups in total. The van der Waals surface area contributed by atoms with E-state index in [1.54, 1.807) is 35.9 Å². The molecule has 0 saturated heterocycles. The molecule has 2 amide bonds. The van der Waals surface area contributed by atoms with Crippen LogP contribution in [0.25, 0.3) is 5.69 Å². The maximum atomic E-state index is 13.5. The van der Waals surface area contributed by atoms with Crippen LogP contribution in [0.15, 0.2) is 78.0 Å². The molecule has 0 aliphatic heterocycles. The zero-order chi connectivity index (χ0) is 26.9. The molecule has 4 rings (SSSR count). The van der Waals surface area contributed by atoms with Gasteiger partial charge in [-0.15, -0.1) is 10.2 Å². The van der Waals surface area contributed by atoms with Crippen LogP contribution in [-0.4, -0.2) is 46.0 Å². The van der Waals surface area contributed by atoms with Gasteiger partial charge in [0, 0.05) is 16.9 Å². The van der Waals surface area contributed by atoms with E-state index < -0.39 is 11.7 Å². The summed E-state index contributed by atoms with van der Waals surface area (Å²) in [7, 11) is 1.58. The van der Waals surface area contributed by atoms with E-state index in [9.17, 15) is 14.0 Å². The van der Waals surface area contributed by atoms with Gasteiger partial charge in [-0.1, -0.05) is 17.8 Å². The first-order valence-corrected chi connectivity index (χ1v) is 12.7. The Bertz CT molecular complexity index is 1390. The van der Waals surface area contributed by atoms with Gasteiger partial charge in [0.25, 0.3) is 5.91 Å². The molecule has 0 aliphatic rings. The second-order valence-corrected chi connectivity index (χ2v) is 8.86. The highest BCUT2D eigenvalue weighted by molar-refractivity contribution is 7.99. The zero-order valence-electron chi connectivity index (χ0n) is 20.8. The van der Waals surface area contributed by atoms with Gasteiger partial charge in [0.05, 0.1) is 26.0 Å². The van der Waals surface area contributed by atoms with Crippen LogP contribution in [-0.2, 0) is 11.3 Å². The Balaban J connectivity index is 1.50. The summed E-state index contributed by atoms with van der Waals surface area (Å²) in [5.74, 6) is 0.757. The van der Waals surface area contributed by atoms with E-state index in [0.29, 0.717) is 34.8 Å². The van der Waals surface area contributed by atoms with E-state index in [0.717, 1.165) is 11.8 Å². The minimum Gasteiger partial charge on any atom is -0.497 e. The molecule has 0 aliphatic carbocycles. The molecule has 0 bridgehead atoms. The first kappa shape index (κ1) is 26.7. The summed E-state index contributed by atoms with van der Waals surface area (Å²) in [6, 6.07) is 19.8. The van der Waals surface area contributed by atoms with Gasteiger partial charge in [-0.25, -0.2) is 4.39 Å². The zero-order valence-corrected chi connectivity index (χ0v) is 21.6. The fourth-order valence-electron chi connectivity index (χ4n) is 3.52. The molecule has 11 heteroatoms. The number of ether oxygens (including phenoxy) is 2. The molecule has 0 saturated carbocycles. The molecular weight excluding hydrogens is 509 g/mol. The molecular formula is C27H26FN5O4S. The number of nitrogens with zero attached hydrogens (tertiary/aromatic N) is 3. The average Bonchev–Trinajstić information content (AvgIpc) is 3.34. The van der Waals surface area contributed by atoms with Gasteiger partial charge in [0.2, 0.25) is 5.91 Å². The number of anilines is 1. The first-order valence-electron chi connectivity index (χ1n) is 11.7. The van der Waals surface area contributed by atoms with Gasteiger partial charge in [-0.2, -0.15) is 0 Å². The second-order valence-electron chi connectivity index (χ2n) is 7.92. The van der Waals surface area contributed by atoms with Crippen molar-refractivity contribution in [3.8, 4) is 17.2 Å². The molecule has 4 aromatic rings. The quantitative estimate of drug-likeness (QED) is 0.273. The highest BCUT2D eigenvalue weighted by Gasteiger charge is 2.17. The van der Waals surface area contributed by atoms with Crippen molar-refractivity contribution in [2.75, 3.05) is 24.8 Å². The summed E-state index contributed by atoms with van der Waals surface area (Å²) < 4.78 is 26.0. The SMILES string of the molecule is CCOc1ccc(-n2c(CNC(=O)c3cccc(F)c3)nnc2SCC(=O)Nc2ccc(OC)cc2)cc1. The standard InChI is InChI=1S/C27H26FN5O4S/c1-3-37-23-13-9-21(10-14-23)33-24(16-29-26(35)18-5-4-6-19(28)15-18)31-32-27(33)38-17-25(34)30-20-7-11-22(36-2)12-8-20/h4-15H,3,16-17H2,1-2H3,(H,29,35)(H,30,34). The first-order chi connectivity index (χ1) is 18.5. The largest absolute Gasteiger partial charge is 0.497 e. The summed E-state index contributed by atoms with van der Waals surface area (Å²) in [4.78, 5) is 25.1. The Kier molecular flexibility index (Phi) is 8.94. The van der Waals surface area contributed by atoms with E-state index in [-0.39, 0.29) is 23.8 Å². The minimum atomic E-state index is -0.498. The third kappa shape index (κ3) is 6.88. The molecule has 1 aromatic heterocycles. The third-order valence-corrected chi connectivity index (χ3v) is 6.24. The number of halogens is 1. The lowest BCUT2D eigenvalue weighted by molar-refractivity contribution is -0.113. The predicted octanol–water partition coefficient (Wildman–Crippen LogP) is 4.47. The van der Waals surface area contributed by atoms with Crippen LogP contribution in [0.5, 0.6) is 11.5 Å². The molecule has 3 aromatic carbocycles. The predicted molar refractivity (Wildman–Crippen MR) is 142 cm³/mol. The van der Waals surface area contributed by atoms with Crippen molar-refractivity contribution in [3.05, 3.63) is 90.0 Å². The third-order valence-electron chi connectivity index (χ3n) is 5.31. The lowest BCUT2D eigenvalue weighted by atomic mass is 10.2. The van der Waals surface area contributed by atoms with Crippen LogP contribution < -0.4 is 20.1 Å². The average molecular weight is 536 g/mol. The Morgan fingerprint density at radius 2 is 1.74 bits per heavy atom. The molecule has 9 nitrogen and oxygen atoms in total. The van der Waals surface area contributed by atoms with Crippen LogP contribution in [0.3, 0.4) is 0 Å². The van der Waals surface area contributed by atoms with Crippen molar-refractivity contribution in [2.24, 2.45) is 0 Å². The van der Waals surface area contributed by atoms with Crippen LogP contribution in [0.1, 0.15) is 23.1 Å². The number of thioether (sulfide) groups is 1. The van der Waals surface area contributed by atoms with Gasteiger partial charge in [-0.05, 0) is 73.7 Å². The lowest BCUT2D eigenvalue weighted by Crippen LogP contribution is -2.24. The Hall–Kier alpha value is -4.38. The summed E-state index contributed by atoms with van der Waals surface area (Å²) in [5.41, 5.74) is 1.57. The van der Waals surface area contributed by atoms with Crippen LogP contribution in [0.2, 0.25) is 0 Å². The minimum absolute atomic E-state index is 0.0359. The van der Waals surface area contributed by atoms with Gasteiger partial charge < -0.3 is 20.1 Å². The molecule has 0 fully saturated rings. The van der Waals surface area contributed by atoms with Gasteiger partial charge in [0.1, 0.15) is 17.3 Å². The maximum absolute atomic E-state index is 13.5. The highest BCUT2D eigenvalue weighted by Crippen LogP contribution is 2.24. The summed E-state index contributed by atoms with van der Waals surface area (Å²) in [6.45, 7) is 2.47. The Labute approximate surface area is 223 Å². The molecule has 0 spiro atoms. The fourth-order valence-corrected chi connectivity index (χ4v) is 4.29. The number of hydrogen-bond acceptors (Lipinski definition) is 7. The van der Waals surface area contributed by atoms with Gasteiger partial charge >= 0.3 is 0 Å². The van der Waals surface area contributed by atoms with E-state index in [2.05, 4.69) is 20.8 Å². The number of carbonyl (C=O) groups excluding carboxylic acids is 2. The van der Waals surface area contributed by atoms with Crippen molar-refractivity contribution >= 4 is 29.3 Å². The number of methoxy groups -OCH3 is 1. The van der Waals surface area contributed by atoms with E-state index >= 15 is 0 Å². The normalized spacial score (nSPS) is 10.6. The topological polar surface area (TPSA) is 107 Å². The number of carbonyl (C=O) groups is 2. The maximum Gasteiger partial charge on any atom is 0.251 e. The van der Waals surface area contributed by atoms with Crippen molar-refractivity contribution in [3.63, 3.8) is 0 Å². The van der Waals surface area contributed by atoms with Gasteiger partial charge in [-0.3, -0.25) is 14.2 Å². The van der Waals surface area contributed by atoms with E-state index in [1.807, 2.05) is 31.2 Å². The van der Waals surface area contributed by atoms with Crippen LogP contribution >= 0.6 is 11.8 Å². The smallest absolute Gasteiger partial charge is 0.251 e. The Morgan fingerprint density at radius 3 is 2.42 bits per heavy atom. The number of amides is 2. The van der Waals surface area contributed by atoms with E-state index in [4.69, 9.17) is 9.47 Å². The Morgan fingerprint density at radius 1 is 1.00 bits per heavy atom. The number of aromatic nitrogens is 3. The monoisotopic (exact) mass is 535 g/mol. The van der Waals surface area contributed by atoms with Crippen LogP contribution in [0.4, 0.5) is 10.1 Å². The molecule has 0 unspecified atom stereocenters. The fraction of sp³-hybridized carbons (Fsp3) is 0.185.